The van der Waals surface area contributed by atoms with Crippen molar-refractivity contribution in [2.45, 2.75) is 38.3 Å². The highest BCUT2D eigenvalue weighted by Crippen LogP contribution is 2.34. The lowest BCUT2D eigenvalue weighted by molar-refractivity contribution is 0.101. The molecule has 1 aromatic heterocycles. The molecule has 22 heavy (non-hydrogen) atoms. The molecule has 9 heteroatoms. The predicted molar refractivity (Wildman–Crippen MR) is 79.3 cm³/mol. The van der Waals surface area contributed by atoms with E-state index in [1.807, 2.05) is 6.92 Å². The summed E-state index contributed by atoms with van der Waals surface area (Å²) in [4.78, 5) is 25.8. The number of aliphatic hydroxyl groups is 1. The van der Waals surface area contributed by atoms with Gasteiger partial charge in [-0.1, -0.05) is 6.92 Å². The normalized spacial score (nSPS) is 25.5. The van der Waals surface area contributed by atoms with Gasteiger partial charge in [-0.15, -0.1) is 0 Å². The lowest BCUT2D eigenvalue weighted by atomic mass is 10.1. The van der Waals surface area contributed by atoms with Crippen molar-refractivity contribution >= 4 is 10.1 Å². The van der Waals surface area contributed by atoms with Crippen LogP contribution < -0.4 is 11.2 Å². The summed E-state index contributed by atoms with van der Waals surface area (Å²) < 4.78 is 28.2. The molecule has 1 fully saturated rings. The second-order valence-corrected chi connectivity index (χ2v) is 7.26. The molecule has 2 N–H and O–H groups in total. The average Bonchev–Trinajstić information content (AvgIpc) is 2.77. The Morgan fingerprint density at radius 3 is 2.68 bits per heavy atom. The standard InChI is InChI=1S/C13H20N2O6S/c1-3-8-6-15(13(18)14-12(8)17)10-4-9(11(16)5-10)7-21-22(2,19)20/h6,9-11,16H,3-5,7H2,1-2H3,(H,14,17,18). The van der Waals surface area contributed by atoms with Crippen LogP contribution in [0.25, 0.3) is 0 Å². The quantitative estimate of drug-likeness (QED) is 0.694. The Hall–Kier alpha value is -1.45. The summed E-state index contributed by atoms with van der Waals surface area (Å²) in [6.07, 6.45) is 2.92. The Kier molecular flexibility index (Phi) is 4.88. The van der Waals surface area contributed by atoms with Gasteiger partial charge in [0.1, 0.15) is 0 Å². The van der Waals surface area contributed by atoms with E-state index in [0.29, 0.717) is 24.8 Å². The minimum atomic E-state index is -3.57. The SMILES string of the molecule is CCc1cn(C2CC(O)C(COS(C)(=O)=O)C2)c(=O)[nH]c1=O. The maximum Gasteiger partial charge on any atom is 0.328 e. The first-order chi connectivity index (χ1) is 10.2. The fourth-order valence-electron chi connectivity index (χ4n) is 2.74. The molecule has 8 nitrogen and oxygen atoms in total. The van der Waals surface area contributed by atoms with E-state index in [0.717, 1.165) is 6.26 Å². The summed E-state index contributed by atoms with van der Waals surface area (Å²) in [6.45, 7) is 1.70. The van der Waals surface area contributed by atoms with Crippen LogP contribution in [0.2, 0.25) is 0 Å². The smallest absolute Gasteiger partial charge is 0.328 e. The molecular weight excluding hydrogens is 312 g/mol. The van der Waals surface area contributed by atoms with Crippen LogP contribution in [0.15, 0.2) is 15.8 Å². The van der Waals surface area contributed by atoms with Gasteiger partial charge in [0, 0.05) is 23.7 Å². The van der Waals surface area contributed by atoms with Crippen molar-refractivity contribution in [1.82, 2.24) is 9.55 Å². The summed E-state index contributed by atoms with van der Waals surface area (Å²) in [7, 11) is -3.57. The number of aryl methyl sites for hydroxylation is 1. The van der Waals surface area contributed by atoms with Crippen LogP contribution in [0.4, 0.5) is 0 Å². The summed E-state index contributed by atoms with van der Waals surface area (Å²) in [5.74, 6) is -0.372. The monoisotopic (exact) mass is 332 g/mol. The lowest BCUT2D eigenvalue weighted by Crippen LogP contribution is -2.33. The van der Waals surface area contributed by atoms with Crippen LogP contribution >= 0.6 is 0 Å². The second kappa shape index (κ2) is 6.35. The van der Waals surface area contributed by atoms with Gasteiger partial charge in [-0.05, 0) is 19.3 Å². The number of nitrogens with one attached hydrogen (secondary N) is 1. The molecule has 1 aliphatic carbocycles. The third-order valence-electron chi connectivity index (χ3n) is 3.94. The highest BCUT2D eigenvalue weighted by Gasteiger charge is 2.35. The molecule has 0 spiro atoms. The van der Waals surface area contributed by atoms with Gasteiger partial charge < -0.3 is 5.11 Å². The molecule has 3 unspecified atom stereocenters. The van der Waals surface area contributed by atoms with Crippen LogP contribution in [-0.2, 0) is 20.7 Å². The van der Waals surface area contributed by atoms with Crippen molar-refractivity contribution in [1.29, 1.82) is 0 Å². The number of aliphatic hydroxyl groups excluding tert-OH is 1. The Bertz CT molecular complexity index is 751. The van der Waals surface area contributed by atoms with Gasteiger partial charge in [0.05, 0.1) is 19.0 Å². The minimum absolute atomic E-state index is 0.116. The fourth-order valence-corrected chi connectivity index (χ4v) is 3.16. The van der Waals surface area contributed by atoms with Gasteiger partial charge in [-0.25, -0.2) is 4.79 Å². The molecular formula is C13H20N2O6S. The molecule has 2 rings (SSSR count). The molecule has 0 aromatic carbocycles. The average molecular weight is 332 g/mol. The second-order valence-electron chi connectivity index (χ2n) is 5.62. The van der Waals surface area contributed by atoms with Gasteiger partial charge in [0.15, 0.2) is 0 Å². The summed E-state index contributed by atoms with van der Waals surface area (Å²) in [5.41, 5.74) is -0.437. The van der Waals surface area contributed by atoms with Crippen LogP contribution in [0.5, 0.6) is 0 Å². The molecule has 1 saturated carbocycles. The van der Waals surface area contributed by atoms with E-state index in [2.05, 4.69) is 4.98 Å². The summed E-state index contributed by atoms with van der Waals surface area (Å²) >= 11 is 0. The van der Waals surface area contributed by atoms with E-state index in [-0.39, 0.29) is 18.6 Å². The first kappa shape index (κ1) is 16.9. The fraction of sp³-hybridized carbons (Fsp3) is 0.692. The topological polar surface area (TPSA) is 118 Å². The van der Waals surface area contributed by atoms with Crippen LogP contribution in [0.1, 0.15) is 31.4 Å². The largest absolute Gasteiger partial charge is 0.393 e. The Labute approximate surface area is 127 Å². The zero-order valence-electron chi connectivity index (χ0n) is 12.5. The number of aromatic amines is 1. The number of rotatable bonds is 5. The van der Waals surface area contributed by atoms with Crippen molar-refractivity contribution in [3.8, 4) is 0 Å². The van der Waals surface area contributed by atoms with Crippen molar-refractivity contribution < 1.29 is 17.7 Å². The molecule has 124 valence electrons. The van der Waals surface area contributed by atoms with Gasteiger partial charge >= 0.3 is 5.69 Å². The summed E-state index contributed by atoms with van der Waals surface area (Å²) in [6, 6.07) is -0.294. The zero-order chi connectivity index (χ0) is 16.5. The van der Waals surface area contributed by atoms with Gasteiger partial charge in [0.25, 0.3) is 15.7 Å². The van der Waals surface area contributed by atoms with Crippen molar-refractivity contribution in [3.63, 3.8) is 0 Å². The van der Waals surface area contributed by atoms with Gasteiger partial charge in [0.2, 0.25) is 0 Å². The summed E-state index contributed by atoms with van der Waals surface area (Å²) in [5, 5.41) is 10.0. The highest BCUT2D eigenvalue weighted by molar-refractivity contribution is 7.85. The van der Waals surface area contributed by atoms with Gasteiger partial charge in [-0.3, -0.25) is 18.5 Å². The Morgan fingerprint density at radius 1 is 1.41 bits per heavy atom. The van der Waals surface area contributed by atoms with Crippen molar-refractivity contribution in [2.75, 3.05) is 12.9 Å². The highest BCUT2D eigenvalue weighted by atomic mass is 32.2. The van der Waals surface area contributed by atoms with Crippen LogP contribution in [0, 0.1) is 5.92 Å². The van der Waals surface area contributed by atoms with Crippen LogP contribution in [-0.4, -0.2) is 42.0 Å². The number of hydrogen-bond acceptors (Lipinski definition) is 6. The van der Waals surface area contributed by atoms with Crippen molar-refractivity contribution in [3.05, 3.63) is 32.6 Å². The third kappa shape index (κ3) is 3.84. The van der Waals surface area contributed by atoms with E-state index < -0.39 is 27.5 Å². The molecule has 1 heterocycles. The van der Waals surface area contributed by atoms with E-state index in [9.17, 15) is 23.1 Å². The van der Waals surface area contributed by atoms with E-state index >= 15 is 0 Å². The van der Waals surface area contributed by atoms with Crippen LogP contribution in [0.3, 0.4) is 0 Å². The number of hydrogen-bond donors (Lipinski definition) is 2. The molecule has 1 aromatic rings. The van der Waals surface area contributed by atoms with E-state index in [1.54, 1.807) is 0 Å². The van der Waals surface area contributed by atoms with E-state index in [1.165, 1.54) is 10.8 Å². The van der Waals surface area contributed by atoms with Gasteiger partial charge in [-0.2, -0.15) is 8.42 Å². The zero-order valence-corrected chi connectivity index (χ0v) is 13.3. The first-order valence-corrected chi connectivity index (χ1v) is 8.89. The third-order valence-corrected chi connectivity index (χ3v) is 4.51. The molecule has 0 radical (unpaired) electrons. The number of aromatic nitrogens is 2. The molecule has 0 bridgehead atoms. The Balaban J connectivity index is 2.18. The maximum atomic E-state index is 11.9. The predicted octanol–water partition coefficient (Wildman–Crippen LogP) is -0.613. The number of H-pyrrole nitrogens is 1. The molecule has 0 saturated heterocycles. The molecule has 3 atom stereocenters. The maximum absolute atomic E-state index is 11.9. The van der Waals surface area contributed by atoms with Crippen molar-refractivity contribution in [2.24, 2.45) is 5.92 Å². The number of nitrogens with zero attached hydrogens (tertiary/aromatic N) is 1. The first-order valence-electron chi connectivity index (χ1n) is 7.08. The van der Waals surface area contributed by atoms with E-state index in [4.69, 9.17) is 4.18 Å². The Morgan fingerprint density at radius 2 is 2.09 bits per heavy atom. The molecule has 0 amide bonds. The lowest BCUT2D eigenvalue weighted by Gasteiger charge is -2.14. The molecule has 1 aliphatic rings. The molecule has 0 aliphatic heterocycles. The minimum Gasteiger partial charge on any atom is -0.393 e.